The number of benzene rings is 2. The topological polar surface area (TPSA) is 88.6 Å². The molecule has 0 spiro atoms. The Labute approximate surface area is 198 Å². The minimum atomic E-state index is -3.79. The van der Waals surface area contributed by atoms with Crippen molar-refractivity contribution in [2.75, 3.05) is 25.5 Å². The largest absolute Gasteiger partial charge is 0.495 e. The number of nitrogens with one attached hydrogen (secondary N) is 1. The van der Waals surface area contributed by atoms with Gasteiger partial charge in [-0.05, 0) is 56.5 Å². The second kappa shape index (κ2) is 9.62. The number of hydrogen-bond donors (Lipinski definition) is 1. The standard InChI is InChI=1S/C24H27N3O4S2/c1-16-9-10-22(31-3)23(12-16)33(29,30)27-11-5-7-19(14-27)24(28)26-20-8-4-6-18(13-20)21-15-32-17(2)25-21/h4,6,8-10,12-13,15,19H,5,7,11,14H2,1-3H3,(H,26,28)/t19-/m1/s1. The van der Waals surface area contributed by atoms with Gasteiger partial charge in [0.1, 0.15) is 10.6 Å². The predicted molar refractivity (Wildman–Crippen MR) is 130 cm³/mol. The molecule has 1 aliphatic heterocycles. The minimum absolute atomic E-state index is 0.135. The Bertz CT molecular complexity index is 1270. The third-order valence-electron chi connectivity index (χ3n) is 5.74. The van der Waals surface area contributed by atoms with Crippen LogP contribution in [0.5, 0.6) is 5.75 Å². The van der Waals surface area contributed by atoms with Crippen LogP contribution >= 0.6 is 11.3 Å². The third-order valence-corrected chi connectivity index (χ3v) is 8.40. The summed E-state index contributed by atoms with van der Waals surface area (Å²) >= 11 is 1.58. The number of amides is 1. The molecular formula is C24H27N3O4S2. The molecule has 0 aliphatic carbocycles. The van der Waals surface area contributed by atoms with E-state index >= 15 is 0 Å². The van der Waals surface area contributed by atoms with Gasteiger partial charge in [-0.1, -0.05) is 18.2 Å². The summed E-state index contributed by atoms with van der Waals surface area (Å²) < 4.78 is 33.4. The fourth-order valence-electron chi connectivity index (χ4n) is 4.00. The fourth-order valence-corrected chi connectivity index (χ4v) is 6.38. The molecule has 0 bridgehead atoms. The highest BCUT2D eigenvalue weighted by Gasteiger charge is 2.35. The van der Waals surface area contributed by atoms with Gasteiger partial charge in [0, 0.05) is 29.7 Å². The van der Waals surface area contributed by atoms with Gasteiger partial charge < -0.3 is 10.1 Å². The number of sulfonamides is 1. The van der Waals surface area contributed by atoms with Crippen molar-refractivity contribution in [1.82, 2.24) is 9.29 Å². The Kier molecular flexibility index (Phi) is 6.83. The van der Waals surface area contributed by atoms with Gasteiger partial charge >= 0.3 is 0 Å². The zero-order valence-corrected chi connectivity index (χ0v) is 20.5. The number of aromatic nitrogens is 1. The van der Waals surface area contributed by atoms with Crippen molar-refractivity contribution in [2.24, 2.45) is 5.92 Å². The van der Waals surface area contributed by atoms with Crippen LogP contribution in [0.4, 0.5) is 5.69 Å². The predicted octanol–water partition coefficient (Wildman–Crippen LogP) is 4.47. The van der Waals surface area contributed by atoms with Gasteiger partial charge in [-0.15, -0.1) is 11.3 Å². The molecule has 1 saturated heterocycles. The summed E-state index contributed by atoms with van der Waals surface area (Å²) in [6.07, 6.45) is 1.25. The normalized spacial score (nSPS) is 17.0. The second-order valence-corrected chi connectivity index (χ2v) is 11.1. The first-order chi connectivity index (χ1) is 15.8. The van der Waals surface area contributed by atoms with Crippen molar-refractivity contribution in [3.63, 3.8) is 0 Å². The Hall–Kier alpha value is -2.75. The number of anilines is 1. The number of hydrogen-bond acceptors (Lipinski definition) is 6. The Morgan fingerprint density at radius 3 is 2.76 bits per heavy atom. The van der Waals surface area contributed by atoms with Gasteiger partial charge in [-0.3, -0.25) is 4.79 Å². The van der Waals surface area contributed by atoms with Crippen LogP contribution in [0.2, 0.25) is 0 Å². The smallest absolute Gasteiger partial charge is 0.246 e. The average molecular weight is 486 g/mol. The lowest BCUT2D eigenvalue weighted by atomic mass is 9.98. The van der Waals surface area contributed by atoms with Gasteiger partial charge in [-0.2, -0.15) is 4.31 Å². The van der Waals surface area contributed by atoms with Crippen LogP contribution < -0.4 is 10.1 Å². The zero-order valence-electron chi connectivity index (χ0n) is 18.9. The zero-order chi connectivity index (χ0) is 23.6. The molecule has 0 radical (unpaired) electrons. The van der Waals surface area contributed by atoms with Gasteiger partial charge in [0.2, 0.25) is 15.9 Å². The lowest BCUT2D eigenvalue weighted by Gasteiger charge is -2.31. The number of methoxy groups -OCH3 is 1. The van der Waals surface area contributed by atoms with Gasteiger partial charge in [0.25, 0.3) is 0 Å². The number of ether oxygens (including phenoxy) is 1. The van der Waals surface area contributed by atoms with E-state index in [1.165, 1.54) is 11.4 Å². The van der Waals surface area contributed by atoms with Crippen molar-refractivity contribution in [3.05, 3.63) is 58.4 Å². The van der Waals surface area contributed by atoms with Crippen LogP contribution in [-0.2, 0) is 14.8 Å². The third kappa shape index (κ3) is 5.10. The molecule has 1 atom stereocenters. The van der Waals surface area contributed by atoms with Gasteiger partial charge in [-0.25, -0.2) is 13.4 Å². The van der Waals surface area contributed by atoms with E-state index in [2.05, 4.69) is 10.3 Å². The minimum Gasteiger partial charge on any atom is -0.495 e. The first-order valence-corrected chi connectivity index (χ1v) is 13.1. The lowest BCUT2D eigenvalue weighted by Crippen LogP contribution is -2.43. The summed E-state index contributed by atoms with van der Waals surface area (Å²) in [6, 6.07) is 12.6. The van der Waals surface area contributed by atoms with E-state index in [4.69, 9.17) is 4.74 Å². The van der Waals surface area contributed by atoms with Crippen molar-refractivity contribution < 1.29 is 17.9 Å². The SMILES string of the molecule is COc1ccc(C)cc1S(=O)(=O)N1CCC[C@@H](C(=O)Nc2cccc(-c3csc(C)n3)c2)C1. The van der Waals surface area contributed by atoms with E-state index in [1.807, 2.05) is 49.6 Å². The molecule has 33 heavy (non-hydrogen) atoms. The monoisotopic (exact) mass is 485 g/mol. The highest BCUT2D eigenvalue weighted by Crippen LogP contribution is 2.31. The van der Waals surface area contributed by atoms with Crippen LogP contribution in [0.15, 0.2) is 52.7 Å². The summed E-state index contributed by atoms with van der Waals surface area (Å²) in [5.41, 5.74) is 3.30. The number of piperidine rings is 1. The van der Waals surface area contributed by atoms with Gasteiger partial charge in [0.05, 0.1) is 23.7 Å². The summed E-state index contributed by atoms with van der Waals surface area (Å²) in [7, 11) is -2.33. The Morgan fingerprint density at radius 2 is 2.03 bits per heavy atom. The number of rotatable bonds is 6. The second-order valence-electron chi connectivity index (χ2n) is 8.18. The van der Waals surface area contributed by atoms with Crippen molar-refractivity contribution >= 4 is 33.0 Å². The van der Waals surface area contributed by atoms with Crippen molar-refractivity contribution in [3.8, 4) is 17.0 Å². The van der Waals surface area contributed by atoms with E-state index in [-0.39, 0.29) is 17.3 Å². The Morgan fingerprint density at radius 1 is 1.21 bits per heavy atom. The van der Waals surface area contributed by atoms with Crippen LogP contribution in [0, 0.1) is 19.8 Å². The molecule has 3 aromatic rings. The van der Waals surface area contributed by atoms with E-state index < -0.39 is 15.9 Å². The maximum atomic E-state index is 13.4. The number of nitrogens with zero attached hydrogens (tertiary/aromatic N) is 2. The molecule has 2 heterocycles. The molecule has 1 amide bonds. The molecule has 7 nitrogen and oxygen atoms in total. The molecule has 1 N–H and O–H groups in total. The van der Waals surface area contributed by atoms with Crippen molar-refractivity contribution in [1.29, 1.82) is 0 Å². The van der Waals surface area contributed by atoms with Crippen molar-refractivity contribution in [2.45, 2.75) is 31.6 Å². The molecule has 0 saturated carbocycles. The van der Waals surface area contributed by atoms with E-state index in [0.717, 1.165) is 21.8 Å². The number of carbonyl (C=O) groups is 1. The molecule has 9 heteroatoms. The van der Waals surface area contributed by atoms with E-state index in [1.54, 1.807) is 23.5 Å². The number of carbonyl (C=O) groups excluding carboxylic acids is 1. The molecule has 4 rings (SSSR count). The molecular weight excluding hydrogens is 458 g/mol. The maximum Gasteiger partial charge on any atom is 0.246 e. The molecule has 2 aromatic carbocycles. The first-order valence-electron chi connectivity index (χ1n) is 10.8. The lowest BCUT2D eigenvalue weighted by molar-refractivity contribution is -0.120. The highest BCUT2D eigenvalue weighted by molar-refractivity contribution is 7.89. The Balaban J connectivity index is 1.50. The maximum absolute atomic E-state index is 13.4. The summed E-state index contributed by atoms with van der Waals surface area (Å²) in [6.45, 7) is 4.30. The van der Waals surface area contributed by atoms with Crippen LogP contribution in [0.3, 0.4) is 0 Å². The molecule has 174 valence electrons. The first kappa shape index (κ1) is 23.4. The van der Waals surface area contributed by atoms with E-state index in [9.17, 15) is 13.2 Å². The molecule has 0 unspecified atom stereocenters. The highest BCUT2D eigenvalue weighted by atomic mass is 32.2. The molecule has 1 aliphatic rings. The molecule has 1 fully saturated rings. The van der Waals surface area contributed by atoms with Crippen LogP contribution in [-0.4, -0.2) is 43.8 Å². The summed E-state index contributed by atoms with van der Waals surface area (Å²) in [4.78, 5) is 17.7. The van der Waals surface area contributed by atoms with Crippen LogP contribution in [0.25, 0.3) is 11.3 Å². The average Bonchev–Trinajstić information content (AvgIpc) is 3.25. The fraction of sp³-hybridized carbons (Fsp3) is 0.333. The van der Waals surface area contributed by atoms with Gasteiger partial charge in [0.15, 0.2) is 0 Å². The quantitative estimate of drug-likeness (QED) is 0.556. The molecule has 1 aromatic heterocycles. The summed E-state index contributed by atoms with van der Waals surface area (Å²) in [5.74, 6) is -0.312. The number of thiazole rings is 1. The number of aryl methyl sites for hydroxylation is 2. The van der Waals surface area contributed by atoms with Crippen LogP contribution in [0.1, 0.15) is 23.4 Å². The van der Waals surface area contributed by atoms with E-state index in [0.29, 0.717) is 30.8 Å². The summed E-state index contributed by atoms with van der Waals surface area (Å²) in [5, 5.41) is 5.93.